The summed E-state index contributed by atoms with van der Waals surface area (Å²) in [6.07, 6.45) is 1.98. The molecule has 0 unspecified atom stereocenters. The van der Waals surface area contributed by atoms with Crippen LogP contribution < -0.4 is 4.68 Å². The molecule has 0 fully saturated rings. The Balaban J connectivity index is 2.76. The number of hydrogen-bond acceptors (Lipinski definition) is 4. The predicted octanol–water partition coefficient (Wildman–Crippen LogP) is 0.529. The van der Waals surface area contributed by atoms with Crippen LogP contribution in [0.1, 0.15) is 0 Å². The Morgan fingerprint density at radius 2 is 2.56 bits per heavy atom. The zero-order valence-corrected chi connectivity index (χ0v) is 6.37. The lowest BCUT2D eigenvalue weighted by Gasteiger charge is -1.63. The molecular formula is C4H4N3S2+. The molecule has 46 valence electrons. The van der Waals surface area contributed by atoms with E-state index in [9.17, 15) is 0 Å². The number of rotatable bonds is 0. The summed E-state index contributed by atoms with van der Waals surface area (Å²) in [4.78, 5) is 1.17. The van der Waals surface area contributed by atoms with Gasteiger partial charge in [-0.15, -0.1) is 0 Å². The van der Waals surface area contributed by atoms with E-state index in [1.54, 1.807) is 15.0 Å². The van der Waals surface area contributed by atoms with Crippen LogP contribution in [0.3, 0.4) is 0 Å². The number of aryl methyl sites for hydroxylation is 1. The summed E-state index contributed by atoms with van der Waals surface area (Å²) in [6, 6.07) is 0. The van der Waals surface area contributed by atoms with Crippen LogP contribution in [0.5, 0.6) is 0 Å². The molecule has 0 N–H and O–H groups in total. The largest absolute Gasteiger partial charge is 0.256 e. The van der Waals surface area contributed by atoms with E-state index < -0.39 is 0 Å². The van der Waals surface area contributed by atoms with Crippen LogP contribution in [0.4, 0.5) is 0 Å². The number of fused-ring (bicyclic) bond motifs is 1. The van der Waals surface area contributed by atoms with Gasteiger partial charge < -0.3 is 0 Å². The van der Waals surface area contributed by atoms with Gasteiger partial charge in [-0.2, -0.15) is 4.37 Å². The van der Waals surface area contributed by atoms with E-state index in [4.69, 9.17) is 0 Å². The Morgan fingerprint density at radius 3 is 3.33 bits per heavy atom. The highest BCUT2D eigenvalue weighted by atomic mass is 32.9. The molecule has 0 bridgehead atoms. The zero-order valence-electron chi connectivity index (χ0n) is 4.74. The summed E-state index contributed by atoms with van der Waals surface area (Å²) in [5.41, 5.74) is 0. The van der Waals surface area contributed by atoms with Gasteiger partial charge in [0.25, 0.3) is 5.82 Å². The van der Waals surface area contributed by atoms with Gasteiger partial charge in [-0.05, 0) is 0 Å². The summed E-state index contributed by atoms with van der Waals surface area (Å²) >= 11 is 0. The zero-order chi connectivity index (χ0) is 6.27. The molecule has 9 heavy (non-hydrogen) atoms. The van der Waals surface area contributed by atoms with Gasteiger partial charge in [0.05, 0.1) is 0 Å². The van der Waals surface area contributed by atoms with Crippen LogP contribution in [-0.4, -0.2) is 9.47 Å². The van der Waals surface area contributed by atoms with Crippen molar-refractivity contribution in [2.45, 2.75) is 0 Å². The molecule has 0 aromatic heterocycles. The summed E-state index contributed by atoms with van der Waals surface area (Å²) in [5, 5.41) is 4.10. The molecule has 2 aliphatic heterocycles. The van der Waals surface area contributed by atoms with Crippen LogP contribution in [0, 0.1) is 0 Å². The number of aromatic nitrogens is 3. The fourth-order valence-corrected chi connectivity index (χ4v) is 2.33. The minimum atomic E-state index is 0.868. The Bertz CT molecular complexity index is 261. The minimum absolute atomic E-state index is 0.868. The molecule has 0 amide bonds. The first-order valence-corrected chi connectivity index (χ1v) is 4.55. The van der Waals surface area contributed by atoms with Gasteiger partial charge in [-0.25, -0.2) is 0 Å². The second-order valence-electron chi connectivity index (χ2n) is 1.74. The van der Waals surface area contributed by atoms with Crippen molar-refractivity contribution in [3.63, 3.8) is 0 Å². The van der Waals surface area contributed by atoms with Gasteiger partial charge in [0.2, 0.25) is 6.20 Å². The quantitative estimate of drug-likeness (QED) is 0.413. The average molecular weight is 158 g/mol. The van der Waals surface area contributed by atoms with Crippen molar-refractivity contribution in [3.05, 3.63) is 6.20 Å². The first-order valence-electron chi connectivity index (χ1n) is 2.44. The van der Waals surface area contributed by atoms with E-state index in [2.05, 4.69) is 9.47 Å². The summed E-state index contributed by atoms with van der Waals surface area (Å²) in [5.74, 6) is 0.868. The van der Waals surface area contributed by atoms with E-state index in [1.165, 1.54) is 15.4 Å². The highest BCUT2D eigenvalue weighted by Gasteiger charge is 2.15. The van der Waals surface area contributed by atoms with E-state index in [1.807, 2.05) is 13.2 Å². The van der Waals surface area contributed by atoms with Crippen LogP contribution >= 0.6 is 20.9 Å². The van der Waals surface area contributed by atoms with E-state index in [0.29, 0.717) is 0 Å². The lowest BCUT2D eigenvalue weighted by Crippen LogP contribution is -2.27. The standard InChI is InChI=1S/C4H4N3S2/c1-7-2-3-4(5-7)6-9-8-3/h2H,1H3/q+1. The molecule has 0 aromatic rings. The van der Waals surface area contributed by atoms with Crippen LogP contribution in [0.25, 0.3) is 10.7 Å². The fraction of sp³-hybridized carbons (Fsp3) is 0.250. The first-order chi connectivity index (χ1) is 4.36. The maximum Gasteiger partial charge on any atom is 0.256 e. The minimum Gasteiger partial charge on any atom is -0.154 e. The van der Waals surface area contributed by atoms with E-state index in [0.717, 1.165) is 5.82 Å². The van der Waals surface area contributed by atoms with Gasteiger partial charge in [0.1, 0.15) is 0 Å². The Morgan fingerprint density at radius 1 is 1.67 bits per heavy atom. The second kappa shape index (κ2) is 1.71. The molecule has 0 spiro atoms. The molecule has 0 radical (unpaired) electrons. The lowest BCUT2D eigenvalue weighted by atomic mass is 10.6. The lowest BCUT2D eigenvalue weighted by molar-refractivity contribution is -0.725. The van der Waals surface area contributed by atoms with Crippen molar-refractivity contribution in [2.75, 3.05) is 0 Å². The molecule has 0 aromatic carbocycles. The molecule has 0 aliphatic carbocycles. The Hall–Kier alpha value is -0.550. The molecule has 3 nitrogen and oxygen atoms in total. The molecule has 0 atom stereocenters. The average Bonchev–Trinajstić information content (AvgIpc) is 2.22. The third-order valence-corrected chi connectivity index (χ3v) is 2.80. The molecule has 2 heterocycles. The van der Waals surface area contributed by atoms with Crippen LogP contribution in [0.2, 0.25) is 0 Å². The van der Waals surface area contributed by atoms with Crippen molar-refractivity contribution >= 4 is 20.9 Å². The van der Waals surface area contributed by atoms with Crippen molar-refractivity contribution < 1.29 is 4.68 Å². The predicted molar refractivity (Wildman–Crippen MR) is 35.6 cm³/mol. The molecule has 2 rings (SSSR count). The van der Waals surface area contributed by atoms with Gasteiger partial charge >= 0.3 is 0 Å². The van der Waals surface area contributed by atoms with Gasteiger partial charge in [0, 0.05) is 15.6 Å². The van der Waals surface area contributed by atoms with Gasteiger partial charge in [-0.3, -0.25) is 0 Å². The SMILES string of the molecule is C[n+]1cc2ssnc-2n1. The first kappa shape index (κ1) is 5.25. The van der Waals surface area contributed by atoms with Crippen molar-refractivity contribution in [1.82, 2.24) is 9.47 Å². The highest BCUT2D eigenvalue weighted by Crippen LogP contribution is 2.23. The molecule has 5 heteroatoms. The number of hydrogen-bond donors (Lipinski definition) is 0. The summed E-state index contributed by atoms with van der Waals surface area (Å²) < 4.78 is 5.85. The summed E-state index contributed by atoms with van der Waals surface area (Å²) in [6.45, 7) is 0. The molecule has 0 saturated heterocycles. The van der Waals surface area contributed by atoms with E-state index >= 15 is 0 Å². The monoisotopic (exact) mass is 158 g/mol. The topological polar surface area (TPSA) is 29.7 Å². The molecular weight excluding hydrogens is 154 g/mol. The van der Waals surface area contributed by atoms with Crippen LogP contribution in [-0.2, 0) is 7.05 Å². The molecule has 2 aliphatic rings. The Labute approximate surface area is 59.5 Å². The molecule has 0 saturated carbocycles. The number of nitrogens with zero attached hydrogens (tertiary/aromatic N) is 3. The Kier molecular flexibility index (Phi) is 1.000. The fourth-order valence-electron chi connectivity index (χ4n) is 0.671. The highest BCUT2D eigenvalue weighted by molar-refractivity contribution is 7.68. The van der Waals surface area contributed by atoms with Crippen molar-refractivity contribution in [1.29, 1.82) is 0 Å². The summed E-state index contributed by atoms with van der Waals surface area (Å²) in [7, 11) is 5.04. The maximum absolute atomic E-state index is 4.10. The maximum atomic E-state index is 4.10. The van der Waals surface area contributed by atoms with E-state index in [-0.39, 0.29) is 0 Å². The van der Waals surface area contributed by atoms with Gasteiger partial charge in [0.15, 0.2) is 11.9 Å². The van der Waals surface area contributed by atoms with Crippen molar-refractivity contribution in [2.24, 2.45) is 7.05 Å². The third kappa shape index (κ3) is 0.727. The third-order valence-electron chi connectivity index (χ3n) is 1.03. The normalized spacial score (nSPS) is 10.8. The second-order valence-corrected chi connectivity index (χ2v) is 3.63. The van der Waals surface area contributed by atoms with Crippen LogP contribution in [0.15, 0.2) is 6.20 Å². The van der Waals surface area contributed by atoms with Crippen molar-refractivity contribution in [3.8, 4) is 10.7 Å². The smallest absolute Gasteiger partial charge is 0.154 e. The van der Waals surface area contributed by atoms with Gasteiger partial charge in [-0.1, -0.05) is 15.0 Å².